The van der Waals surface area contributed by atoms with Crippen LogP contribution in [0.2, 0.25) is 0 Å². The highest BCUT2D eigenvalue weighted by Crippen LogP contribution is 2.58. The van der Waals surface area contributed by atoms with E-state index < -0.39 is 5.97 Å². The number of carbonyl (C=O) groups is 2. The van der Waals surface area contributed by atoms with E-state index in [9.17, 15) is 14.7 Å². The van der Waals surface area contributed by atoms with Crippen LogP contribution in [0.1, 0.15) is 95.2 Å². The third kappa shape index (κ3) is 5.78. The second-order valence-corrected chi connectivity index (χ2v) is 14.1. The third-order valence-corrected chi connectivity index (χ3v) is 11.2. The molecular formula is C37H47N3O4. The van der Waals surface area contributed by atoms with Gasteiger partial charge in [-0.2, -0.15) is 5.10 Å². The maximum absolute atomic E-state index is 14.4. The molecule has 2 aromatic carbocycles. The first kappa shape index (κ1) is 30.4. The number of nitrogens with zero attached hydrogens (tertiary/aromatic N) is 3. The van der Waals surface area contributed by atoms with Crippen molar-refractivity contribution in [3.63, 3.8) is 0 Å². The number of carboxylic acids is 1. The summed E-state index contributed by atoms with van der Waals surface area (Å²) < 4.78 is 7.50. The number of aryl methyl sites for hydroxylation is 1. The number of aromatic nitrogens is 2. The van der Waals surface area contributed by atoms with Gasteiger partial charge in [0.25, 0.3) is 0 Å². The summed E-state index contributed by atoms with van der Waals surface area (Å²) in [4.78, 5) is 28.1. The lowest BCUT2D eigenvalue weighted by atomic mass is 9.51. The molecule has 7 heteroatoms. The zero-order chi connectivity index (χ0) is 31.1. The summed E-state index contributed by atoms with van der Waals surface area (Å²) >= 11 is 0. The number of rotatable bonds is 9. The van der Waals surface area contributed by atoms with Crippen molar-refractivity contribution < 1.29 is 19.4 Å². The molecule has 4 saturated carbocycles. The number of carbonyl (C=O) groups excluding carboxylic acids is 1. The van der Waals surface area contributed by atoms with E-state index in [1.54, 1.807) is 7.11 Å². The van der Waals surface area contributed by atoms with Crippen LogP contribution in [0.25, 0.3) is 11.1 Å². The third-order valence-electron chi connectivity index (χ3n) is 11.2. The molecule has 2 bridgehead atoms. The highest BCUT2D eigenvalue weighted by atomic mass is 16.5. The molecule has 44 heavy (non-hydrogen) atoms. The average molecular weight is 598 g/mol. The van der Waals surface area contributed by atoms with Gasteiger partial charge in [0.15, 0.2) is 0 Å². The molecule has 234 valence electrons. The fourth-order valence-corrected chi connectivity index (χ4v) is 8.20. The summed E-state index contributed by atoms with van der Waals surface area (Å²) in [5.41, 5.74) is 5.96. The smallest absolute Gasteiger partial charge is 0.306 e. The number of anilines is 1. The minimum atomic E-state index is -0.735. The SMILES string of the molecule is COc1ccc(C23CCC(CN(c4cccc(-c5cnn(C(C)C)c5)c4)C(=O)[C@H]4CC[C@H](C(=O)O)CC4)(CC2)CC3)cc1C. The van der Waals surface area contributed by atoms with Crippen molar-refractivity contribution in [3.05, 3.63) is 66.0 Å². The van der Waals surface area contributed by atoms with Gasteiger partial charge in [0.1, 0.15) is 5.75 Å². The molecule has 4 aliphatic rings. The number of hydrogen-bond donors (Lipinski definition) is 1. The number of ether oxygens (including phenoxy) is 1. The summed E-state index contributed by atoms with van der Waals surface area (Å²) in [5.74, 6) is -0.106. The van der Waals surface area contributed by atoms with Gasteiger partial charge in [-0.3, -0.25) is 14.3 Å². The Hall–Kier alpha value is -3.61. The normalized spacial score (nSPS) is 26.5. The molecule has 1 amide bonds. The summed E-state index contributed by atoms with van der Waals surface area (Å²) in [6.45, 7) is 7.08. The molecule has 0 atom stereocenters. The largest absolute Gasteiger partial charge is 0.496 e. The predicted octanol–water partition coefficient (Wildman–Crippen LogP) is 7.96. The maximum Gasteiger partial charge on any atom is 0.306 e. The Morgan fingerprint density at radius 1 is 0.977 bits per heavy atom. The quantitative estimate of drug-likeness (QED) is 0.270. The maximum atomic E-state index is 14.4. The van der Waals surface area contributed by atoms with Crippen molar-refractivity contribution in [2.24, 2.45) is 17.3 Å². The molecule has 0 radical (unpaired) electrons. The van der Waals surface area contributed by atoms with Crippen molar-refractivity contribution in [2.75, 3.05) is 18.6 Å². The highest BCUT2D eigenvalue weighted by molar-refractivity contribution is 5.96. The van der Waals surface area contributed by atoms with Crippen LogP contribution in [0.4, 0.5) is 5.69 Å². The molecule has 1 N–H and O–H groups in total. The molecule has 4 aliphatic carbocycles. The fraction of sp³-hybridized carbons (Fsp3) is 0.541. The van der Waals surface area contributed by atoms with Crippen LogP contribution in [0.15, 0.2) is 54.9 Å². The first-order chi connectivity index (χ1) is 21.1. The Balaban J connectivity index is 1.26. The molecule has 7 rings (SSSR count). The first-order valence-corrected chi connectivity index (χ1v) is 16.5. The van der Waals surface area contributed by atoms with Gasteiger partial charge in [0, 0.05) is 36.0 Å². The topological polar surface area (TPSA) is 84.7 Å². The molecule has 7 nitrogen and oxygen atoms in total. The van der Waals surface area contributed by atoms with E-state index in [-0.39, 0.29) is 34.6 Å². The van der Waals surface area contributed by atoms with Crippen LogP contribution in [-0.4, -0.2) is 40.4 Å². The zero-order valence-corrected chi connectivity index (χ0v) is 26.7. The van der Waals surface area contributed by atoms with E-state index in [0.29, 0.717) is 25.7 Å². The van der Waals surface area contributed by atoms with Crippen molar-refractivity contribution >= 4 is 17.6 Å². The molecule has 0 saturated heterocycles. The van der Waals surface area contributed by atoms with Crippen molar-refractivity contribution in [1.29, 1.82) is 0 Å². The lowest BCUT2D eigenvalue weighted by Gasteiger charge is -2.55. The molecule has 4 fully saturated rings. The molecule has 1 aromatic heterocycles. The molecule has 0 aliphatic heterocycles. The second-order valence-electron chi connectivity index (χ2n) is 14.1. The van der Waals surface area contributed by atoms with E-state index in [1.165, 1.54) is 11.1 Å². The Morgan fingerprint density at radius 2 is 1.66 bits per heavy atom. The molecule has 0 spiro atoms. The monoisotopic (exact) mass is 597 g/mol. The first-order valence-electron chi connectivity index (χ1n) is 16.5. The van der Waals surface area contributed by atoms with Crippen LogP contribution in [0.3, 0.4) is 0 Å². The second kappa shape index (κ2) is 12.1. The van der Waals surface area contributed by atoms with E-state index in [1.807, 2.05) is 10.9 Å². The molecule has 1 heterocycles. The van der Waals surface area contributed by atoms with Gasteiger partial charge in [0.2, 0.25) is 5.91 Å². The summed E-state index contributed by atoms with van der Waals surface area (Å²) in [6, 6.07) is 15.4. The number of aliphatic carboxylic acids is 1. The summed E-state index contributed by atoms with van der Waals surface area (Å²) in [7, 11) is 1.73. The van der Waals surface area contributed by atoms with Crippen LogP contribution in [0, 0.1) is 24.2 Å². The van der Waals surface area contributed by atoms with Gasteiger partial charge in [0.05, 0.1) is 19.2 Å². The van der Waals surface area contributed by atoms with Gasteiger partial charge < -0.3 is 14.7 Å². The molecular weight excluding hydrogens is 550 g/mol. The zero-order valence-electron chi connectivity index (χ0n) is 26.7. The van der Waals surface area contributed by atoms with Crippen LogP contribution < -0.4 is 9.64 Å². The van der Waals surface area contributed by atoms with Crippen LogP contribution in [-0.2, 0) is 15.0 Å². The number of benzene rings is 2. The molecule has 3 aromatic rings. The fourth-order valence-electron chi connectivity index (χ4n) is 8.20. The van der Waals surface area contributed by atoms with Gasteiger partial charge >= 0.3 is 5.97 Å². The van der Waals surface area contributed by atoms with Gasteiger partial charge in [-0.15, -0.1) is 0 Å². The lowest BCUT2D eigenvalue weighted by molar-refractivity contribution is -0.144. The summed E-state index contributed by atoms with van der Waals surface area (Å²) in [6.07, 6.45) is 13.1. The van der Waals surface area contributed by atoms with Crippen LogP contribution >= 0.6 is 0 Å². The average Bonchev–Trinajstić information content (AvgIpc) is 3.56. The van der Waals surface area contributed by atoms with Gasteiger partial charge in [-0.25, -0.2) is 0 Å². The van der Waals surface area contributed by atoms with E-state index in [0.717, 1.165) is 67.6 Å². The number of amides is 1. The van der Waals surface area contributed by atoms with Crippen molar-refractivity contribution in [3.8, 4) is 16.9 Å². The lowest BCUT2D eigenvalue weighted by Crippen LogP contribution is -2.51. The van der Waals surface area contributed by atoms with E-state index >= 15 is 0 Å². The Bertz CT molecular complexity index is 1490. The predicted molar refractivity (Wildman–Crippen MR) is 173 cm³/mol. The summed E-state index contributed by atoms with van der Waals surface area (Å²) in [5, 5.41) is 14.1. The highest BCUT2D eigenvalue weighted by Gasteiger charge is 2.50. The number of methoxy groups -OCH3 is 1. The van der Waals surface area contributed by atoms with Gasteiger partial charge in [-0.1, -0.05) is 24.3 Å². The number of carboxylic acid groups (broad SMARTS) is 1. The van der Waals surface area contributed by atoms with Crippen molar-refractivity contribution in [1.82, 2.24) is 9.78 Å². The number of hydrogen-bond acceptors (Lipinski definition) is 4. The standard InChI is InChI=1S/C37H47N3O4/c1-25(2)40-23-30(22-38-40)29-6-5-7-32(21-29)39(34(41)27-8-10-28(11-9-27)35(42)43)24-36-14-17-37(18-15-36,19-16-36)31-12-13-33(44-4)26(3)20-31/h5-7,12-13,20-23,25,27-28H,8-11,14-19,24H2,1-4H3,(H,42,43)/t27-,28-,36?,37?. The van der Waals surface area contributed by atoms with Crippen LogP contribution in [0.5, 0.6) is 5.75 Å². The van der Waals surface area contributed by atoms with E-state index in [2.05, 4.69) is 79.4 Å². The van der Waals surface area contributed by atoms with Crippen molar-refractivity contribution in [2.45, 2.75) is 96.4 Å². The van der Waals surface area contributed by atoms with E-state index in [4.69, 9.17) is 4.74 Å². The number of fused-ring (bicyclic) bond motifs is 3. The minimum Gasteiger partial charge on any atom is -0.496 e. The Labute approximate surface area is 261 Å². The Morgan fingerprint density at radius 3 is 2.25 bits per heavy atom. The Kier molecular flexibility index (Phi) is 8.33. The minimum absolute atomic E-state index is 0.0930. The molecule has 0 unspecified atom stereocenters. The van der Waals surface area contributed by atoms with Gasteiger partial charge in [-0.05, 0) is 131 Å².